The number of amides is 2. The zero-order valence-corrected chi connectivity index (χ0v) is 24.1. The number of rotatable bonds is 15. The van der Waals surface area contributed by atoms with Gasteiger partial charge in [0, 0.05) is 23.2 Å². The number of hydrogen-bond acceptors (Lipinski definition) is 9. The van der Waals surface area contributed by atoms with Crippen LogP contribution in [0.2, 0.25) is 0 Å². The summed E-state index contributed by atoms with van der Waals surface area (Å²) in [6.45, 7) is 4.20. The number of Topliss-reactive ketones (excluding diaryl/α,β-unsaturated/α-hetero) is 1. The van der Waals surface area contributed by atoms with Gasteiger partial charge in [0.15, 0.2) is 11.6 Å². The predicted octanol–water partition coefficient (Wildman–Crippen LogP) is 2.33. The molecule has 0 saturated carbocycles. The van der Waals surface area contributed by atoms with Gasteiger partial charge in [-0.3, -0.25) is 19.2 Å². The van der Waals surface area contributed by atoms with Gasteiger partial charge in [0.05, 0.1) is 32.5 Å². The van der Waals surface area contributed by atoms with Crippen molar-refractivity contribution in [2.75, 3.05) is 13.7 Å². The molecule has 0 unspecified atom stereocenters. The number of ether oxygens (including phenoxy) is 1. The quantitative estimate of drug-likeness (QED) is 0.203. The molecule has 14 heteroatoms. The molecule has 4 N–H and O–H groups in total. The Morgan fingerprint density at radius 2 is 1.77 bits per heavy atom. The maximum Gasteiger partial charge on any atom is 0.305 e. The number of aliphatic carboxylic acids is 1. The predicted molar refractivity (Wildman–Crippen MR) is 149 cm³/mol. The van der Waals surface area contributed by atoms with Gasteiger partial charge in [-0.05, 0) is 43.2 Å². The number of ketones is 1. The van der Waals surface area contributed by atoms with Crippen LogP contribution in [0, 0.1) is 24.5 Å². The van der Waals surface area contributed by atoms with Crippen molar-refractivity contribution in [2.45, 2.75) is 52.2 Å². The molecular weight excluding hydrogens is 568 g/mol. The average Bonchev–Trinajstić information content (AvgIpc) is 3.38. The van der Waals surface area contributed by atoms with Gasteiger partial charge in [-0.25, -0.2) is 8.78 Å². The van der Waals surface area contributed by atoms with E-state index in [1.54, 1.807) is 39.0 Å². The second kappa shape index (κ2) is 15.0. The Labute approximate surface area is 246 Å². The second-order valence-electron chi connectivity index (χ2n) is 10.1. The van der Waals surface area contributed by atoms with Crippen LogP contribution in [0.25, 0.3) is 11.5 Å². The van der Waals surface area contributed by atoms with Crippen LogP contribution in [0.15, 0.2) is 40.9 Å². The van der Waals surface area contributed by atoms with Gasteiger partial charge >= 0.3 is 5.97 Å². The number of carboxylic acid groups (broad SMARTS) is 1. The van der Waals surface area contributed by atoms with Crippen LogP contribution in [0.3, 0.4) is 0 Å². The van der Waals surface area contributed by atoms with Gasteiger partial charge in [0.25, 0.3) is 5.89 Å². The highest BCUT2D eigenvalue weighted by atomic mass is 19.1. The molecule has 2 aromatic carbocycles. The molecule has 1 aromatic heterocycles. The van der Waals surface area contributed by atoms with Gasteiger partial charge in [-0.1, -0.05) is 25.1 Å². The van der Waals surface area contributed by atoms with Crippen molar-refractivity contribution < 1.29 is 42.3 Å². The fraction of sp³-hybridized carbons (Fsp3) is 0.379. The number of carbonyl (C=O) groups excluding carboxylic acids is 3. The van der Waals surface area contributed by atoms with Crippen LogP contribution in [0.4, 0.5) is 8.78 Å². The van der Waals surface area contributed by atoms with E-state index in [-0.39, 0.29) is 24.4 Å². The van der Waals surface area contributed by atoms with Crippen molar-refractivity contribution in [2.24, 2.45) is 5.92 Å². The topological polar surface area (TPSA) is 173 Å². The van der Waals surface area contributed by atoms with Gasteiger partial charge in [0.2, 0.25) is 11.8 Å². The zero-order chi connectivity index (χ0) is 31.7. The van der Waals surface area contributed by atoms with Crippen molar-refractivity contribution in [1.82, 2.24) is 26.1 Å². The number of nitrogens with one attached hydrogen (secondary N) is 3. The third kappa shape index (κ3) is 9.13. The lowest BCUT2D eigenvalue weighted by Crippen LogP contribution is -2.55. The Hall–Kier alpha value is -4.72. The van der Waals surface area contributed by atoms with E-state index in [1.807, 2.05) is 0 Å². The highest BCUT2D eigenvalue weighted by Gasteiger charge is 2.30. The minimum atomic E-state index is -1.46. The van der Waals surface area contributed by atoms with E-state index in [1.165, 1.54) is 13.2 Å². The lowest BCUT2D eigenvalue weighted by Gasteiger charge is -2.25. The van der Waals surface area contributed by atoms with Crippen LogP contribution in [-0.2, 0) is 32.1 Å². The van der Waals surface area contributed by atoms with E-state index in [2.05, 4.69) is 26.1 Å². The Balaban J connectivity index is 1.67. The Kier molecular flexibility index (Phi) is 11.4. The summed E-state index contributed by atoms with van der Waals surface area (Å²) in [5.41, 5.74) is 0.752. The third-order valence-electron chi connectivity index (χ3n) is 6.42. The zero-order valence-electron chi connectivity index (χ0n) is 24.1. The van der Waals surface area contributed by atoms with Gasteiger partial charge in [-0.2, -0.15) is 4.98 Å². The van der Waals surface area contributed by atoms with E-state index in [4.69, 9.17) is 9.26 Å². The molecule has 0 spiro atoms. The summed E-state index contributed by atoms with van der Waals surface area (Å²) in [7, 11) is 1.44. The molecule has 0 aliphatic rings. The fourth-order valence-electron chi connectivity index (χ4n) is 4.21. The molecule has 0 saturated heterocycles. The second-order valence-corrected chi connectivity index (χ2v) is 10.1. The maximum atomic E-state index is 13.9. The monoisotopic (exact) mass is 601 g/mol. The molecule has 0 radical (unpaired) electrons. The summed E-state index contributed by atoms with van der Waals surface area (Å²) in [5, 5.41) is 20.7. The van der Waals surface area contributed by atoms with Crippen LogP contribution in [0.5, 0.6) is 5.75 Å². The largest absolute Gasteiger partial charge is 0.496 e. The summed E-state index contributed by atoms with van der Waals surface area (Å²) >= 11 is 0. The molecular formula is C29H33F2N5O7. The normalized spacial score (nSPS) is 12.4. The number of halogens is 2. The van der Waals surface area contributed by atoms with Crippen LogP contribution < -0.4 is 20.7 Å². The Bertz CT molecular complexity index is 1460. The standard InChI is InChI=1S/C29H33F2N5O7/c1-15(2)27(35-25(38)11-18-10-17(8-9-24(18)42-4)29-33-16(3)36-43-29)28(41)34-22(12-26(39)40)23(37)14-32-13-19-20(30)6-5-7-21(19)31/h5-10,15,22,27,32H,11-14H2,1-4H3,(H,34,41)(H,35,38)(H,39,40)/t22-,27-/m0/s1. The van der Waals surface area contributed by atoms with Crippen molar-refractivity contribution in [3.8, 4) is 17.2 Å². The Morgan fingerprint density at radius 1 is 1.07 bits per heavy atom. The van der Waals surface area contributed by atoms with E-state index in [0.29, 0.717) is 22.7 Å². The minimum Gasteiger partial charge on any atom is -0.496 e. The molecule has 0 aliphatic heterocycles. The van der Waals surface area contributed by atoms with Crippen molar-refractivity contribution in [3.63, 3.8) is 0 Å². The van der Waals surface area contributed by atoms with Crippen LogP contribution >= 0.6 is 0 Å². The lowest BCUT2D eigenvalue weighted by molar-refractivity contribution is -0.140. The smallest absolute Gasteiger partial charge is 0.305 e. The number of aromatic nitrogens is 2. The number of methoxy groups -OCH3 is 1. The summed E-state index contributed by atoms with van der Waals surface area (Å²) < 4.78 is 38.3. The Morgan fingerprint density at radius 3 is 2.35 bits per heavy atom. The number of carboxylic acids is 1. The van der Waals surface area contributed by atoms with Crippen LogP contribution in [0.1, 0.15) is 37.2 Å². The SMILES string of the molecule is COc1ccc(-c2nc(C)no2)cc1CC(=O)N[C@H](C(=O)N[C@@H](CC(=O)O)C(=O)CNCc1c(F)cccc1F)C(C)C. The highest BCUT2D eigenvalue weighted by molar-refractivity contribution is 5.95. The van der Waals surface area contributed by atoms with Gasteiger partial charge in [0.1, 0.15) is 23.4 Å². The molecule has 12 nitrogen and oxygen atoms in total. The first kappa shape index (κ1) is 32.8. The molecule has 230 valence electrons. The lowest BCUT2D eigenvalue weighted by atomic mass is 10.0. The van der Waals surface area contributed by atoms with E-state index in [0.717, 1.165) is 12.1 Å². The molecule has 3 aromatic rings. The maximum absolute atomic E-state index is 13.9. The molecule has 43 heavy (non-hydrogen) atoms. The number of carbonyl (C=O) groups is 4. The first-order chi connectivity index (χ1) is 20.4. The average molecular weight is 602 g/mol. The number of aryl methyl sites for hydroxylation is 1. The molecule has 0 fully saturated rings. The summed E-state index contributed by atoms with van der Waals surface area (Å²) in [6.07, 6.45) is -0.924. The van der Waals surface area contributed by atoms with Gasteiger partial charge in [-0.15, -0.1) is 0 Å². The van der Waals surface area contributed by atoms with E-state index >= 15 is 0 Å². The molecule has 2 amide bonds. The molecule has 3 rings (SSSR count). The fourth-order valence-corrected chi connectivity index (χ4v) is 4.21. The van der Waals surface area contributed by atoms with E-state index < -0.39 is 66.2 Å². The van der Waals surface area contributed by atoms with Gasteiger partial charge < -0.3 is 30.3 Å². The third-order valence-corrected chi connectivity index (χ3v) is 6.42. The van der Waals surface area contributed by atoms with Crippen molar-refractivity contribution >= 4 is 23.6 Å². The highest BCUT2D eigenvalue weighted by Crippen LogP contribution is 2.26. The molecule has 1 heterocycles. The summed E-state index contributed by atoms with van der Waals surface area (Å²) in [5.74, 6) is -4.34. The first-order valence-corrected chi connectivity index (χ1v) is 13.3. The first-order valence-electron chi connectivity index (χ1n) is 13.3. The summed E-state index contributed by atoms with van der Waals surface area (Å²) in [4.78, 5) is 54.6. The minimum absolute atomic E-state index is 0.186. The number of nitrogens with zero attached hydrogens (tertiary/aromatic N) is 2. The van der Waals surface area contributed by atoms with Crippen molar-refractivity contribution in [3.05, 3.63) is 65.0 Å². The molecule has 0 bridgehead atoms. The van der Waals surface area contributed by atoms with E-state index in [9.17, 15) is 33.1 Å². The number of hydrogen-bond donors (Lipinski definition) is 4. The number of benzene rings is 2. The summed E-state index contributed by atoms with van der Waals surface area (Å²) in [6, 6.07) is 5.73. The van der Waals surface area contributed by atoms with Crippen molar-refractivity contribution in [1.29, 1.82) is 0 Å². The van der Waals surface area contributed by atoms with Crippen LogP contribution in [-0.4, -0.2) is 64.6 Å². The molecule has 2 atom stereocenters. The molecule has 0 aliphatic carbocycles.